The van der Waals surface area contributed by atoms with E-state index in [0.29, 0.717) is 5.92 Å². The zero-order valence-electron chi connectivity index (χ0n) is 11.8. The Hall–Kier alpha value is -1.39. The summed E-state index contributed by atoms with van der Waals surface area (Å²) in [5, 5.41) is 3.41. The number of nitrogens with one attached hydrogen (secondary N) is 1. The number of rotatable bonds is 6. The van der Waals surface area contributed by atoms with Gasteiger partial charge < -0.3 is 10.1 Å². The number of pyridine rings is 1. The zero-order chi connectivity index (χ0) is 14.4. The molecule has 0 aliphatic carbocycles. The monoisotopic (exact) mass is 334 g/mol. The van der Waals surface area contributed by atoms with Crippen molar-refractivity contribution < 1.29 is 4.74 Å². The Balaban J connectivity index is 2.05. The number of benzene rings is 1. The van der Waals surface area contributed by atoms with E-state index in [1.807, 2.05) is 36.5 Å². The molecule has 4 heteroatoms. The molecule has 0 fully saturated rings. The van der Waals surface area contributed by atoms with Crippen molar-refractivity contribution in [2.75, 3.05) is 6.54 Å². The molecule has 0 unspecified atom stereocenters. The molecule has 0 aliphatic heterocycles. The Morgan fingerprint density at radius 2 is 1.95 bits per heavy atom. The van der Waals surface area contributed by atoms with Crippen molar-refractivity contribution >= 4 is 15.9 Å². The Morgan fingerprint density at radius 3 is 2.65 bits per heavy atom. The second kappa shape index (κ2) is 7.41. The SMILES string of the molecule is CC(C)CNCc1cnccc1Oc1ccc(Br)cc1. The lowest BCUT2D eigenvalue weighted by Gasteiger charge is -2.12. The van der Waals surface area contributed by atoms with E-state index in [-0.39, 0.29) is 0 Å². The van der Waals surface area contributed by atoms with E-state index in [1.54, 1.807) is 6.20 Å². The Morgan fingerprint density at radius 1 is 1.20 bits per heavy atom. The molecule has 1 N–H and O–H groups in total. The van der Waals surface area contributed by atoms with Crippen LogP contribution in [0, 0.1) is 5.92 Å². The molecule has 0 aliphatic rings. The van der Waals surface area contributed by atoms with Gasteiger partial charge in [-0.05, 0) is 42.8 Å². The number of hydrogen-bond acceptors (Lipinski definition) is 3. The largest absolute Gasteiger partial charge is 0.457 e. The van der Waals surface area contributed by atoms with E-state index in [4.69, 9.17) is 4.74 Å². The summed E-state index contributed by atoms with van der Waals surface area (Å²) in [6, 6.07) is 9.71. The van der Waals surface area contributed by atoms with Crippen LogP contribution in [0.5, 0.6) is 11.5 Å². The summed E-state index contributed by atoms with van der Waals surface area (Å²) in [5.74, 6) is 2.30. The van der Waals surface area contributed by atoms with Gasteiger partial charge in [-0.2, -0.15) is 0 Å². The van der Waals surface area contributed by atoms with E-state index in [0.717, 1.165) is 34.6 Å². The number of halogens is 1. The first-order valence-corrected chi connectivity index (χ1v) is 7.51. The van der Waals surface area contributed by atoms with Gasteiger partial charge in [-0.25, -0.2) is 0 Å². The van der Waals surface area contributed by atoms with Crippen molar-refractivity contribution in [3.8, 4) is 11.5 Å². The Bertz CT molecular complexity index is 540. The molecule has 1 aromatic carbocycles. The van der Waals surface area contributed by atoms with Crippen molar-refractivity contribution in [2.24, 2.45) is 5.92 Å². The maximum atomic E-state index is 5.92. The third-order valence-corrected chi connectivity index (χ3v) is 3.30. The van der Waals surface area contributed by atoms with Crippen LogP contribution in [0.25, 0.3) is 0 Å². The van der Waals surface area contributed by atoms with Crippen LogP contribution in [-0.2, 0) is 6.54 Å². The summed E-state index contributed by atoms with van der Waals surface area (Å²) >= 11 is 3.42. The molecular weight excluding hydrogens is 316 g/mol. The van der Waals surface area contributed by atoms with Crippen LogP contribution in [0.4, 0.5) is 0 Å². The van der Waals surface area contributed by atoms with Gasteiger partial charge in [-0.15, -0.1) is 0 Å². The summed E-state index contributed by atoms with van der Waals surface area (Å²) < 4.78 is 6.96. The highest BCUT2D eigenvalue weighted by atomic mass is 79.9. The normalized spacial score (nSPS) is 10.8. The van der Waals surface area contributed by atoms with Gasteiger partial charge >= 0.3 is 0 Å². The molecule has 0 spiro atoms. The number of ether oxygens (including phenoxy) is 1. The summed E-state index contributed by atoms with van der Waals surface area (Å²) in [7, 11) is 0. The molecule has 1 heterocycles. The molecule has 1 aromatic heterocycles. The predicted molar refractivity (Wildman–Crippen MR) is 85.0 cm³/mol. The van der Waals surface area contributed by atoms with Crippen molar-refractivity contribution in [3.63, 3.8) is 0 Å². The lowest BCUT2D eigenvalue weighted by molar-refractivity contribution is 0.468. The number of hydrogen-bond donors (Lipinski definition) is 1. The fourth-order valence-corrected chi connectivity index (χ4v) is 2.04. The van der Waals surface area contributed by atoms with Crippen molar-refractivity contribution in [2.45, 2.75) is 20.4 Å². The maximum absolute atomic E-state index is 5.92. The van der Waals surface area contributed by atoms with Gasteiger partial charge in [0.25, 0.3) is 0 Å². The highest BCUT2D eigenvalue weighted by Gasteiger charge is 2.05. The quantitative estimate of drug-likeness (QED) is 0.851. The molecule has 0 bridgehead atoms. The molecule has 0 saturated carbocycles. The Labute approximate surface area is 128 Å². The zero-order valence-corrected chi connectivity index (χ0v) is 13.4. The van der Waals surface area contributed by atoms with Gasteiger partial charge in [0.05, 0.1) is 0 Å². The second-order valence-electron chi connectivity index (χ2n) is 5.06. The van der Waals surface area contributed by atoms with Crippen LogP contribution in [-0.4, -0.2) is 11.5 Å². The molecule has 3 nitrogen and oxygen atoms in total. The fourth-order valence-electron chi connectivity index (χ4n) is 1.77. The van der Waals surface area contributed by atoms with Gasteiger partial charge in [-0.3, -0.25) is 4.98 Å². The summed E-state index contributed by atoms with van der Waals surface area (Å²) in [6.45, 7) is 6.12. The smallest absolute Gasteiger partial charge is 0.134 e. The van der Waals surface area contributed by atoms with E-state index in [2.05, 4.69) is 40.1 Å². The van der Waals surface area contributed by atoms with Crippen LogP contribution >= 0.6 is 15.9 Å². The molecule has 106 valence electrons. The van der Waals surface area contributed by atoms with Gasteiger partial charge in [0.2, 0.25) is 0 Å². The summed E-state index contributed by atoms with van der Waals surface area (Å²) in [4.78, 5) is 4.17. The van der Waals surface area contributed by atoms with Gasteiger partial charge in [-0.1, -0.05) is 29.8 Å². The van der Waals surface area contributed by atoms with Crippen molar-refractivity contribution in [3.05, 3.63) is 52.8 Å². The average Bonchev–Trinajstić information content (AvgIpc) is 2.43. The first-order valence-electron chi connectivity index (χ1n) is 6.72. The first-order chi connectivity index (χ1) is 9.65. The minimum absolute atomic E-state index is 0.627. The molecule has 0 amide bonds. The molecule has 0 atom stereocenters. The Kier molecular flexibility index (Phi) is 5.56. The number of aromatic nitrogens is 1. The minimum Gasteiger partial charge on any atom is -0.457 e. The molecule has 0 saturated heterocycles. The summed E-state index contributed by atoms with van der Waals surface area (Å²) in [6.07, 6.45) is 3.60. The lowest BCUT2D eigenvalue weighted by atomic mass is 10.2. The van der Waals surface area contributed by atoms with Crippen LogP contribution in [0.2, 0.25) is 0 Å². The molecular formula is C16H19BrN2O. The van der Waals surface area contributed by atoms with E-state index >= 15 is 0 Å². The topological polar surface area (TPSA) is 34.2 Å². The van der Waals surface area contributed by atoms with Crippen LogP contribution < -0.4 is 10.1 Å². The highest BCUT2D eigenvalue weighted by Crippen LogP contribution is 2.25. The van der Waals surface area contributed by atoms with Crippen LogP contribution in [0.3, 0.4) is 0 Å². The third kappa shape index (κ3) is 4.62. The van der Waals surface area contributed by atoms with Crippen molar-refractivity contribution in [1.82, 2.24) is 10.3 Å². The van der Waals surface area contributed by atoms with Crippen molar-refractivity contribution in [1.29, 1.82) is 0 Å². The third-order valence-electron chi connectivity index (χ3n) is 2.77. The van der Waals surface area contributed by atoms with Crippen LogP contribution in [0.15, 0.2) is 47.2 Å². The minimum atomic E-state index is 0.627. The maximum Gasteiger partial charge on any atom is 0.134 e. The number of nitrogens with zero attached hydrogens (tertiary/aromatic N) is 1. The lowest BCUT2D eigenvalue weighted by Crippen LogP contribution is -2.19. The standard InChI is InChI=1S/C16H19BrN2O/c1-12(2)9-19-11-13-10-18-8-7-16(13)20-15-5-3-14(17)4-6-15/h3-8,10,12,19H,9,11H2,1-2H3. The fraction of sp³-hybridized carbons (Fsp3) is 0.312. The van der Waals surface area contributed by atoms with E-state index in [9.17, 15) is 0 Å². The van der Waals surface area contributed by atoms with E-state index < -0.39 is 0 Å². The molecule has 2 aromatic rings. The highest BCUT2D eigenvalue weighted by molar-refractivity contribution is 9.10. The molecule has 20 heavy (non-hydrogen) atoms. The predicted octanol–water partition coefficient (Wildman–Crippen LogP) is 4.38. The van der Waals surface area contributed by atoms with Crippen LogP contribution in [0.1, 0.15) is 19.4 Å². The molecule has 2 rings (SSSR count). The van der Waals surface area contributed by atoms with Gasteiger partial charge in [0, 0.05) is 29.0 Å². The average molecular weight is 335 g/mol. The van der Waals surface area contributed by atoms with E-state index in [1.165, 1.54) is 0 Å². The second-order valence-corrected chi connectivity index (χ2v) is 5.98. The molecule has 0 radical (unpaired) electrons. The first kappa shape index (κ1) is 15.0. The van der Waals surface area contributed by atoms with Gasteiger partial charge in [0.15, 0.2) is 0 Å². The van der Waals surface area contributed by atoms with Gasteiger partial charge in [0.1, 0.15) is 11.5 Å². The summed E-state index contributed by atoms with van der Waals surface area (Å²) in [5.41, 5.74) is 1.07.